The number of methoxy groups -OCH3 is 1. The van der Waals surface area contributed by atoms with Gasteiger partial charge in [0, 0.05) is 69.0 Å². The Bertz CT molecular complexity index is 664. The minimum absolute atomic E-state index is 0.199. The van der Waals surface area contributed by atoms with E-state index in [1.54, 1.807) is 7.11 Å². The molecule has 2 aliphatic heterocycles. The minimum atomic E-state index is 0.199. The van der Waals surface area contributed by atoms with E-state index in [0.717, 1.165) is 76.9 Å². The number of carbonyl (C=O) groups excluding carboxylic acids is 1. The van der Waals surface area contributed by atoms with Crippen molar-refractivity contribution in [3.05, 3.63) is 23.3 Å². The number of hydrogen-bond acceptors (Lipinski definition) is 5. The maximum Gasteiger partial charge on any atom is 0.225 e. The van der Waals surface area contributed by atoms with Crippen LogP contribution in [0, 0.1) is 5.92 Å². The maximum absolute atomic E-state index is 12.9. The molecule has 0 N–H and O–H groups in total. The fourth-order valence-electron chi connectivity index (χ4n) is 4.83. The van der Waals surface area contributed by atoms with Gasteiger partial charge in [0.25, 0.3) is 0 Å². The van der Waals surface area contributed by atoms with Crippen LogP contribution in [0.15, 0.2) is 6.20 Å². The van der Waals surface area contributed by atoms with Crippen LogP contribution >= 0.6 is 0 Å². The smallest absolute Gasteiger partial charge is 0.225 e. The lowest BCUT2D eigenvalue weighted by Crippen LogP contribution is -2.43. The van der Waals surface area contributed by atoms with Crippen LogP contribution in [-0.2, 0) is 22.5 Å². The predicted molar refractivity (Wildman–Crippen MR) is 103 cm³/mol. The van der Waals surface area contributed by atoms with E-state index in [1.807, 2.05) is 6.20 Å². The molecule has 0 unspecified atom stereocenters. The van der Waals surface area contributed by atoms with Gasteiger partial charge in [-0.05, 0) is 45.6 Å². The molecule has 1 aromatic rings. The van der Waals surface area contributed by atoms with Gasteiger partial charge < -0.3 is 14.5 Å². The third kappa shape index (κ3) is 4.16. The fraction of sp³-hybridized carbons (Fsp3) is 0.762. The largest absolute Gasteiger partial charge is 0.381 e. The first-order chi connectivity index (χ1) is 13.1. The van der Waals surface area contributed by atoms with E-state index in [2.05, 4.69) is 21.8 Å². The summed E-state index contributed by atoms with van der Waals surface area (Å²) in [6, 6.07) is 0. The van der Waals surface area contributed by atoms with Gasteiger partial charge in [0.2, 0.25) is 5.91 Å². The molecular weight excluding hydrogens is 340 g/mol. The van der Waals surface area contributed by atoms with Crippen LogP contribution in [0.2, 0.25) is 0 Å². The van der Waals surface area contributed by atoms with E-state index in [4.69, 9.17) is 9.72 Å². The highest BCUT2D eigenvalue weighted by molar-refractivity contribution is 5.79. The number of likely N-dealkylation sites (N-methyl/N-ethyl adjacent to an activating group) is 1. The van der Waals surface area contributed by atoms with Crippen molar-refractivity contribution in [2.45, 2.75) is 63.5 Å². The zero-order chi connectivity index (χ0) is 18.8. The number of hydrogen-bond donors (Lipinski definition) is 0. The third-order valence-electron chi connectivity index (χ3n) is 6.67. The summed E-state index contributed by atoms with van der Waals surface area (Å²) >= 11 is 0. The van der Waals surface area contributed by atoms with Gasteiger partial charge in [0.15, 0.2) is 0 Å². The topological polar surface area (TPSA) is 58.6 Å². The lowest BCUT2D eigenvalue weighted by Gasteiger charge is -2.36. The van der Waals surface area contributed by atoms with Crippen LogP contribution < -0.4 is 0 Å². The monoisotopic (exact) mass is 372 g/mol. The molecule has 0 bridgehead atoms. The van der Waals surface area contributed by atoms with Crippen LogP contribution in [-0.4, -0.2) is 65.6 Å². The molecule has 4 rings (SSSR count). The molecule has 1 saturated carbocycles. The summed E-state index contributed by atoms with van der Waals surface area (Å²) in [5.74, 6) is 1.94. The number of aromatic nitrogens is 2. The number of rotatable bonds is 3. The van der Waals surface area contributed by atoms with Gasteiger partial charge in [-0.2, -0.15) is 0 Å². The van der Waals surface area contributed by atoms with Crippen LogP contribution in [0.1, 0.15) is 61.5 Å². The molecule has 1 amide bonds. The highest BCUT2D eigenvalue weighted by Gasteiger charge is 2.32. The molecule has 0 aromatic carbocycles. The predicted octanol–water partition coefficient (Wildman–Crippen LogP) is 2.38. The summed E-state index contributed by atoms with van der Waals surface area (Å²) < 4.78 is 5.43. The Labute approximate surface area is 162 Å². The van der Waals surface area contributed by atoms with Gasteiger partial charge in [-0.15, -0.1) is 0 Å². The minimum Gasteiger partial charge on any atom is -0.381 e. The van der Waals surface area contributed by atoms with E-state index < -0.39 is 0 Å². The van der Waals surface area contributed by atoms with Crippen molar-refractivity contribution >= 4 is 5.91 Å². The Kier molecular flexibility index (Phi) is 5.74. The summed E-state index contributed by atoms with van der Waals surface area (Å²) in [4.78, 5) is 26.8. The SMILES string of the molecule is COC1CCC(C(=O)N2CCC(c3ncc4c(n3)CCN(C)C4)CC2)CC1. The number of likely N-dealkylation sites (tertiary alicyclic amines) is 1. The zero-order valence-corrected chi connectivity index (χ0v) is 16.7. The molecule has 3 heterocycles. The summed E-state index contributed by atoms with van der Waals surface area (Å²) in [6.45, 7) is 3.71. The Morgan fingerprint density at radius 2 is 1.85 bits per heavy atom. The molecular formula is C21H32N4O2. The summed E-state index contributed by atoms with van der Waals surface area (Å²) in [6.07, 6.45) is 9.33. The molecule has 0 spiro atoms. The first-order valence-electron chi connectivity index (χ1n) is 10.5. The molecule has 2 fully saturated rings. The molecule has 148 valence electrons. The van der Waals surface area contributed by atoms with E-state index >= 15 is 0 Å². The van der Waals surface area contributed by atoms with E-state index in [0.29, 0.717) is 17.9 Å². The Morgan fingerprint density at radius 3 is 2.56 bits per heavy atom. The van der Waals surface area contributed by atoms with Gasteiger partial charge in [-0.3, -0.25) is 4.79 Å². The number of piperidine rings is 1. The molecule has 1 saturated heterocycles. The number of carbonyl (C=O) groups is 1. The number of amides is 1. The molecule has 6 heteroatoms. The van der Waals surface area contributed by atoms with Crippen molar-refractivity contribution in [3.8, 4) is 0 Å². The van der Waals surface area contributed by atoms with Gasteiger partial charge in [-0.25, -0.2) is 9.97 Å². The van der Waals surface area contributed by atoms with Crippen molar-refractivity contribution < 1.29 is 9.53 Å². The van der Waals surface area contributed by atoms with Gasteiger partial charge >= 0.3 is 0 Å². The average molecular weight is 373 g/mol. The normalized spacial score (nSPS) is 27.4. The van der Waals surface area contributed by atoms with Crippen molar-refractivity contribution in [3.63, 3.8) is 0 Å². The van der Waals surface area contributed by atoms with Crippen molar-refractivity contribution in [2.75, 3.05) is 33.8 Å². The Balaban J connectivity index is 1.32. The van der Waals surface area contributed by atoms with E-state index in [9.17, 15) is 4.79 Å². The number of fused-ring (bicyclic) bond motifs is 1. The molecule has 0 radical (unpaired) electrons. The first kappa shape index (κ1) is 18.8. The average Bonchev–Trinajstić information content (AvgIpc) is 2.73. The summed E-state index contributed by atoms with van der Waals surface area (Å²) in [7, 11) is 3.92. The van der Waals surface area contributed by atoms with Crippen LogP contribution in [0.25, 0.3) is 0 Å². The molecule has 1 aliphatic carbocycles. The van der Waals surface area contributed by atoms with Crippen LogP contribution in [0.5, 0.6) is 0 Å². The number of ether oxygens (including phenoxy) is 1. The molecule has 6 nitrogen and oxygen atoms in total. The summed E-state index contributed by atoms with van der Waals surface area (Å²) in [5.41, 5.74) is 2.50. The second-order valence-corrected chi connectivity index (χ2v) is 8.50. The van der Waals surface area contributed by atoms with Gasteiger partial charge in [-0.1, -0.05) is 0 Å². The fourth-order valence-corrected chi connectivity index (χ4v) is 4.83. The molecule has 27 heavy (non-hydrogen) atoms. The second kappa shape index (κ2) is 8.23. The second-order valence-electron chi connectivity index (χ2n) is 8.50. The first-order valence-corrected chi connectivity index (χ1v) is 10.5. The number of nitrogens with zero attached hydrogens (tertiary/aromatic N) is 4. The van der Waals surface area contributed by atoms with E-state index in [-0.39, 0.29) is 5.92 Å². The standard InChI is InChI=1S/C21H32N4O2/c1-24-10-9-19-17(14-24)13-22-20(23-19)15-7-11-25(12-8-15)21(26)16-3-5-18(27-2)6-4-16/h13,15-16,18H,3-12,14H2,1-2H3. The highest BCUT2D eigenvalue weighted by Crippen LogP contribution is 2.31. The van der Waals surface area contributed by atoms with E-state index in [1.165, 1.54) is 11.3 Å². The Morgan fingerprint density at radius 1 is 1.11 bits per heavy atom. The lowest BCUT2D eigenvalue weighted by molar-refractivity contribution is -0.138. The quantitative estimate of drug-likeness (QED) is 0.815. The Hall–Kier alpha value is -1.53. The molecule has 3 aliphatic rings. The van der Waals surface area contributed by atoms with Gasteiger partial charge in [0.05, 0.1) is 6.10 Å². The van der Waals surface area contributed by atoms with Gasteiger partial charge in [0.1, 0.15) is 5.82 Å². The van der Waals surface area contributed by atoms with Crippen LogP contribution in [0.4, 0.5) is 0 Å². The molecule has 1 aromatic heterocycles. The van der Waals surface area contributed by atoms with Crippen LogP contribution in [0.3, 0.4) is 0 Å². The summed E-state index contributed by atoms with van der Waals surface area (Å²) in [5, 5.41) is 0. The third-order valence-corrected chi connectivity index (χ3v) is 6.67. The maximum atomic E-state index is 12.9. The zero-order valence-electron chi connectivity index (χ0n) is 16.7. The molecule has 0 atom stereocenters. The van der Waals surface area contributed by atoms with Crippen molar-refractivity contribution in [1.82, 2.24) is 19.8 Å². The lowest BCUT2D eigenvalue weighted by atomic mass is 9.85. The van der Waals surface area contributed by atoms with Crippen molar-refractivity contribution in [1.29, 1.82) is 0 Å². The highest BCUT2D eigenvalue weighted by atomic mass is 16.5. The van der Waals surface area contributed by atoms with Crippen molar-refractivity contribution in [2.24, 2.45) is 5.92 Å².